The summed E-state index contributed by atoms with van der Waals surface area (Å²) in [7, 11) is -1.81. The van der Waals surface area contributed by atoms with E-state index in [0.717, 1.165) is 60.5 Å². The lowest BCUT2D eigenvalue weighted by atomic mass is 10.1. The average molecular weight is 547 g/mol. The topological polar surface area (TPSA) is 126 Å². The molecule has 1 aromatic heterocycles. The first-order valence-corrected chi connectivity index (χ1v) is 14.6. The van der Waals surface area contributed by atoms with Crippen molar-refractivity contribution < 1.29 is 13.2 Å². The van der Waals surface area contributed by atoms with Crippen molar-refractivity contribution in [2.24, 2.45) is 12.8 Å². The van der Waals surface area contributed by atoms with Crippen molar-refractivity contribution in [1.29, 1.82) is 5.41 Å². The van der Waals surface area contributed by atoms with Gasteiger partial charge in [-0.1, -0.05) is 42.5 Å². The van der Waals surface area contributed by atoms with E-state index < -0.39 is 10.0 Å². The molecule has 9 nitrogen and oxygen atoms in total. The molecule has 0 spiro atoms. The minimum absolute atomic E-state index is 0.0554. The van der Waals surface area contributed by atoms with Crippen molar-refractivity contribution in [3.05, 3.63) is 89.2 Å². The maximum atomic E-state index is 13.4. The molecular formula is C29H34N6O3S. The van der Waals surface area contributed by atoms with Gasteiger partial charge in [-0.3, -0.25) is 15.0 Å². The Balaban J connectivity index is 1.29. The molecule has 0 radical (unpaired) electrons. The van der Waals surface area contributed by atoms with Gasteiger partial charge >= 0.3 is 0 Å². The second kappa shape index (κ2) is 11.6. The first kappa shape index (κ1) is 26.9. The molecular weight excluding hydrogens is 512 g/mol. The van der Waals surface area contributed by atoms with Gasteiger partial charge in [0.15, 0.2) is 0 Å². The number of nitrogen functional groups attached to an aromatic ring is 1. The highest BCUT2D eigenvalue weighted by Gasteiger charge is 2.20. The fraction of sp³-hybridized carbons (Fsp3) is 0.310. The van der Waals surface area contributed by atoms with E-state index in [2.05, 4.69) is 9.62 Å². The number of aryl methyl sites for hydroxylation is 3. The third-order valence-electron chi connectivity index (χ3n) is 7.19. The second-order valence-electron chi connectivity index (χ2n) is 9.82. The highest BCUT2D eigenvalue weighted by molar-refractivity contribution is 7.92. The van der Waals surface area contributed by atoms with Crippen LogP contribution in [-0.4, -0.2) is 61.6 Å². The van der Waals surface area contributed by atoms with Gasteiger partial charge in [-0.05, 0) is 48.2 Å². The standard InChI is InChI=1S/C29H34N6O3S/c1-34-26-12-11-24(20-25(26)32-28(34)13-8-21-6-9-23(10-7-21)29(30)31)33-39(36,37)27-5-3-2-4-22(27)14-15-35-16-18-38-19-17-35/h2-7,9-12,20,33H,8,13-19H2,1H3,(H3,30,31). The molecule has 0 atom stereocenters. The van der Waals surface area contributed by atoms with E-state index in [1.165, 1.54) is 0 Å². The molecule has 204 valence electrons. The molecule has 1 saturated heterocycles. The Hall–Kier alpha value is -3.73. The number of sulfonamides is 1. The summed E-state index contributed by atoms with van der Waals surface area (Å²) < 4.78 is 37.1. The molecule has 0 amide bonds. The number of aromatic nitrogens is 2. The van der Waals surface area contributed by atoms with Gasteiger partial charge in [0.2, 0.25) is 0 Å². The summed E-state index contributed by atoms with van der Waals surface area (Å²) in [5.41, 5.74) is 10.3. The Morgan fingerprint density at radius 2 is 1.77 bits per heavy atom. The molecule has 1 aliphatic rings. The first-order valence-electron chi connectivity index (χ1n) is 13.1. The van der Waals surface area contributed by atoms with E-state index in [-0.39, 0.29) is 5.84 Å². The summed E-state index contributed by atoms with van der Waals surface area (Å²) in [6, 6.07) is 20.3. The zero-order chi connectivity index (χ0) is 27.4. The molecule has 0 bridgehead atoms. The number of morpholine rings is 1. The quantitative estimate of drug-likeness (QED) is 0.207. The maximum Gasteiger partial charge on any atom is 0.262 e. The third-order valence-corrected chi connectivity index (χ3v) is 8.67. The Kier molecular flexibility index (Phi) is 7.97. The van der Waals surface area contributed by atoms with Crippen molar-refractivity contribution in [3.8, 4) is 0 Å². The van der Waals surface area contributed by atoms with E-state index in [9.17, 15) is 8.42 Å². The zero-order valence-electron chi connectivity index (χ0n) is 22.1. The number of benzene rings is 3. The van der Waals surface area contributed by atoms with Crippen LogP contribution in [-0.2, 0) is 41.1 Å². The lowest BCUT2D eigenvalue weighted by Gasteiger charge is -2.26. The number of nitrogens with one attached hydrogen (secondary N) is 2. The normalized spacial score (nSPS) is 14.5. The van der Waals surface area contributed by atoms with Crippen molar-refractivity contribution in [2.75, 3.05) is 37.6 Å². The monoisotopic (exact) mass is 546 g/mol. The molecule has 0 saturated carbocycles. The average Bonchev–Trinajstić information content (AvgIpc) is 3.25. The van der Waals surface area contributed by atoms with Gasteiger partial charge in [-0.2, -0.15) is 0 Å². The van der Waals surface area contributed by atoms with Crippen molar-refractivity contribution in [2.45, 2.75) is 24.2 Å². The maximum absolute atomic E-state index is 13.4. The SMILES string of the molecule is Cn1c(CCc2ccc(C(=N)N)cc2)nc2cc(NS(=O)(=O)c3ccccc3CCN3CCOCC3)ccc21. The highest BCUT2D eigenvalue weighted by Crippen LogP contribution is 2.25. The van der Waals surface area contributed by atoms with Gasteiger partial charge in [0, 0.05) is 38.7 Å². The summed E-state index contributed by atoms with van der Waals surface area (Å²) in [5, 5.41) is 7.54. The van der Waals surface area contributed by atoms with E-state index >= 15 is 0 Å². The predicted octanol–water partition coefficient (Wildman–Crippen LogP) is 3.32. The number of rotatable bonds is 10. The minimum atomic E-state index is -3.78. The summed E-state index contributed by atoms with van der Waals surface area (Å²) in [6.45, 7) is 3.96. The first-order chi connectivity index (χ1) is 18.8. The van der Waals surface area contributed by atoms with Crippen LogP contribution in [0.2, 0.25) is 0 Å². The fourth-order valence-electron chi connectivity index (χ4n) is 4.93. The van der Waals surface area contributed by atoms with Crippen LogP contribution in [0.5, 0.6) is 0 Å². The number of hydrogen-bond donors (Lipinski definition) is 3. The highest BCUT2D eigenvalue weighted by atomic mass is 32.2. The fourth-order valence-corrected chi connectivity index (χ4v) is 6.25. The molecule has 0 unspecified atom stereocenters. The molecule has 10 heteroatoms. The van der Waals surface area contributed by atoms with Crippen molar-refractivity contribution in [3.63, 3.8) is 0 Å². The van der Waals surface area contributed by atoms with Crippen LogP contribution in [0.4, 0.5) is 5.69 Å². The van der Waals surface area contributed by atoms with Crippen LogP contribution in [0.3, 0.4) is 0 Å². The van der Waals surface area contributed by atoms with Crippen LogP contribution in [0, 0.1) is 5.41 Å². The Morgan fingerprint density at radius 3 is 2.51 bits per heavy atom. The number of hydrogen-bond acceptors (Lipinski definition) is 6. The summed E-state index contributed by atoms with van der Waals surface area (Å²) in [4.78, 5) is 7.39. The number of ether oxygens (including phenoxy) is 1. The lowest BCUT2D eigenvalue weighted by molar-refractivity contribution is 0.0384. The molecule has 1 fully saturated rings. The van der Waals surface area contributed by atoms with Crippen molar-refractivity contribution in [1.82, 2.24) is 14.5 Å². The summed E-state index contributed by atoms with van der Waals surface area (Å²) >= 11 is 0. The number of imidazole rings is 1. The van der Waals surface area contributed by atoms with Gasteiger partial charge in [0.1, 0.15) is 11.7 Å². The molecule has 4 aromatic rings. The number of nitrogens with two attached hydrogens (primary N) is 1. The molecule has 0 aliphatic carbocycles. The van der Waals surface area contributed by atoms with E-state index in [4.69, 9.17) is 20.9 Å². The molecule has 1 aliphatic heterocycles. The Labute approximate surface area is 229 Å². The number of nitrogens with zero attached hydrogens (tertiary/aromatic N) is 3. The van der Waals surface area contributed by atoms with Crippen LogP contribution in [0.15, 0.2) is 71.6 Å². The molecule has 3 aromatic carbocycles. The van der Waals surface area contributed by atoms with Gasteiger partial charge in [0.25, 0.3) is 10.0 Å². The molecule has 39 heavy (non-hydrogen) atoms. The van der Waals surface area contributed by atoms with Gasteiger partial charge in [-0.15, -0.1) is 0 Å². The molecule has 2 heterocycles. The smallest absolute Gasteiger partial charge is 0.262 e. The zero-order valence-corrected chi connectivity index (χ0v) is 22.9. The predicted molar refractivity (Wildman–Crippen MR) is 154 cm³/mol. The largest absolute Gasteiger partial charge is 0.384 e. The lowest BCUT2D eigenvalue weighted by Crippen LogP contribution is -2.37. The van der Waals surface area contributed by atoms with Crippen LogP contribution in [0.25, 0.3) is 11.0 Å². The van der Waals surface area contributed by atoms with E-state index in [0.29, 0.717) is 35.8 Å². The third kappa shape index (κ3) is 6.30. The van der Waals surface area contributed by atoms with Crippen LogP contribution >= 0.6 is 0 Å². The second-order valence-corrected chi connectivity index (χ2v) is 11.5. The van der Waals surface area contributed by atoms with Gasteiger partial charge in [-0.25, -0.2) is 13.4 Å². The van der Waals surface area contributed by atoms with Crippen LogP contribution < -0.4 is 10.5 Å². The van der Waals surface area contributed by atoms with Crippen molar-refractivity contribution >= 4 is 32.6 Å². The number of anilines is 1. The Morgan fingerprint density at radius 1 is 1.03 bits per heavy atom. The van der Waals surface area contributed by atoms with E-state index in [1.54, 1.807) is 24.3 Å². The van der Waals surface area contributed by atoms with Gasteiger partial charge in [0.05, 0.1) is 34.8 Å². The molecule has 5 rings (SSSR count). The minimum Gasteiger partial charge on any atom is -0.384 e. The Bertz CT molecular complexity index is 1570. The summed E-state index contributed by atoms with van der Waals surface area (Å²) in [6.07, 6.45) is 2.16. The van der Waals surface area contributed by atoms with Crippen LogP contribution in [0.1, 0.15) is 22.5 Å². The summed E-state index contributed by atoms with van der Waals surface area (Å²) in [5.74, 6) is 0.967. The number of amidine groups is 1. The van der Waals surface area contributed by atoms with Gasteiger partial charge < -0.3 is 15.0 Å². The molecule has 4 N–H and O–H groups in total. The van der Waals surface area contributed by atoms with E-state index in [1.807, 2.05) is 54.1 Å². The number of fused-ring (bicyclic) bond motifs is 1.